The number of hydrogen-bond acceptors (Lipinski definition) is 3. The lowest BCUT2D eigenvalue weighted by Crippen LogP contribution is -2.38. The first-order valence-corrected chi connectivity index (χ1v) is 7.98. The van der Waals surface area contributed by atoms with Crippen LogP contribution in [0.15, 0.2) is 53.1 Å². The molecule has 1 aromatic heterocycles. The molecule has 0 radical (unpaired) electrons. The number of carbonyl (C=O) groups is 1. The van der Waals surface area contributed by atoms with Crippen LogP contribution < -0.4 is 0 Å². The Hall–Kier alpha value is -2.07. The Kier molecular flexibility index (Phi) is 3.47. The van der Waals surface area contributed by atoms with Gasteiger partial charge < -0.3 is 9.32 Å². The highest BCUT2D eigenvalue weighted by atomic mass is 16.3. The summed E-state index contributed by atoms with van der Waals surface area (Å²) in [5, 5.41) is 0. The third kappa shape index (κ3) is 2.24. The summed E-state index contributed by atoms with van der Waals surface area (Å²) in [4.78, 5) is 17.2. The van der Waals surface area contributed by atoms with Crippen molar-refractivity contribution in [3.05, 3.63) is 60.1 Å². The van der Waals surface area contributed by atoms with Crippen LogP contribution in [0.2, 0.25) is 0 Å². The van der Waals surface area contributed by atoms with Crippen molar-refractivity contribution >= 4 is 5.91 Å². The van der Waals surface area contributed by atoms with Crippen molar-refractivity contribution in [2.45, 2.75) is 38.0 Å². The van der Waals surface area contributed by atoms with Gasteiger partial charge in [-0.1, -0.05) is 36.8 Å². The van der Waals surface area contributed by atoms with Gasteiger partial charge in [0.25, 0.3) is 0 Å². The molecule has 1 aromatic carbocycles. The molecule has 4 heteroatoms. The van der Waals surface area contributed by atoms with E-state index >= 15 is 0 Å². The monoisotopic (exact) mass is 296 g/mol. The first-order chi connectivity index (χ1) is 10.8. The minimum absolute atomic E-state index is 0.0209. The Balaban J connectivity index is 1.68. The molecule has 2 saturated heterocycles. The minimum Gasteiger partial charge on any atom is -0.466 e. The maximum absolute atomic E-state index is 12.9. The van der Waals surface area contributed by atoms with Crippen LogP contribution in [-0.2, 0) is 11.3 Å². The first-order valence-electron chi connectivity index (χ1n) is 7.98. The third-order valence-electron chi connectivity index (χ3n) is 4.72. The van der Waals surface area contributed by atoms with Crippen molar-refractivity contribution < 1.29 is 9.21 Å². The van der Waals surface area contributed by atoms with Crippen molar-refractivity contribution in [2.75, 3.05) is 6.54 Å². The van der Waals surface area contributed by atoms with E-state index in [1.54, 1.807) is 6.26 Å². The predicted molar refractivity (Wildman–Crippen MR) is 82.8 cm³/mol. The van der Waals surface area contributed by atoms with E-state index in [2.05, 4.69) is 17.0 Å². The van der Waals surface area contributed by atoms with Crippen molar-refractivity contribution in [1.82, 2.24) is 9.80 Å². The van der Waals surface area contributed by atoms with Crippen LogP contribution in [0.4, 0.5) is 0 Å². The number of amides is 1. The molecule has 1 unspecified atom stereocenters. The summed E-state index contributed by atoms with van der Waals surface area (Å²) in [6, 6.07) is 14.1. The molecule has 2 aromatic rings. The molecule has 0 spiro atoms. The van der Waals surface area contributed by atoms with Crippen LogP contribution in [0.3, 0.4) is 0 Å². The number of fused-ring (bicyclic) bond motifs is 1. The Morgan fingerprint density at radius 3 is 2.73 bits per heavy atom. The average molecular weight is 296 g/mol. The highest BCUT2D eigenvalue weighted by Gasteiger charge is 2.48. The van der Waals surface area contributed by atoms with Gasteiger partial charge >= 0.3 is 0 Å². The van der Waals surface area contributed by atoms with Crippen molar-refractivity contribution in [1.29, 1.82) is 0 Å². The number of carbonyl (C=O) groups excluding carboxylic acids is 1. The maximum Gasteiger partial charge on any atom is 0.241 e. The lowest BCUT2D eigenvalue weighted by atomic mass is 10.0. The number of benzene rings is 1. The number of nitrogens with zero attached hydrogens (tertiary/aromatic N) is 2. The normalized spacial score (nSPS) is 25.5. The SMILES string of the molecule is O=C1C2CCCCN2[C@H](c2ccco2)N1Cc1ccccc1. The fraction of sp³-hybridized carbons (Fsp3) is 0.389. The van der Waals surface area contributed by atoms with Gasteiger partial charge in [-0.3, -0.25) is 9.69 Å². The highest BCUT2D eigenvalue weighted by Crippen LogP contribution is 2.39. The zero-order chi connectivity index (χ0) is 14.9. The molecule has 114 valence electrons. The molecule has 1 amide bonds. The summed E-state index contributed by atoms with van der Waals surface area (Å²) in [6.07, 6.45) is 4.88. The van der Waals surface area contributed by atoms with Gasteiger partial charge in [-0.15, -0.1) is 0 Å². The highest BCUT2D eigenvalue weighted by molar-refractivity contribution is 5.84. The molecular formula is C18H20N2O2. The molecular weight excluding hydrogens is 276 g/mol. The molecule has 3 heterocycles. The summed E-state index contributed by atoms with van der Waals surface area (Å²) >= 11 is 0. The molecule has 2 fully saturated rings. The zero-order valence-corrected chi connectivity index (χ0v) is 12.5. The van der Waals surface area contributed by atoms with Crippen molar-refractivity contribution in [3.63, 3.8) is 0 Å². The summed E-state index contributed by atoms with van der Waals surface area (Å²) in [5.74, 6) is 1.11. The molecule has 0 saturated carbocycles. The topological polar surface area (TPSA) is 36.7 Å². The second-order valence-electron chi connectivity index (χ2n) is 6.09. The third-order valence-corrected chi connectivity index (χ3v) is 4.72. The number of furan rings is 1. The Morgan fingerprint density at radius 2 is 1.95 bits per heavy atom. The molecule has 22 heavy (non-hydrogen) atoms. The largest absolute Gasteiger partial charge is 0.466 e. The van der Waals surface area contributed by atoms with Crippen LogP contribution in [0.1, 0.15) is 36.8 Å². The summed E-state index contributed by atoms with van der Waals surface area (Å²) in [5.41, 5.74) is 1.16. The quantitative estimate of drug-likeness (QED) is 0.873. The second-order valence-corrected chi connectivity index (χ2v) is 6.09. The van der Waals surface area contributed by atoms with E-state index in [9.17, 15) is 4.79 Å². The minimum atomic E-state index is -0.0620. The van der Waals surface area contributed by atoms with E-state index in [4.69, 9.17) is 4.42 Å². The van der Waals surface area contributed by atoms with Gasteiger partial charge in [-0.25, -0.2) is 0 Å². The molecule has 2 aliphatic heterocycles. The van der Waals surface area contributed by atoms with E-state index < -0.39 is 0 Å². The average Bonchev–Trinajstić information content (AvgIpc) is 3.17. The zero-order valence-electron chi connectivity index (χ0n) is 12.5. The molecule has 2 aliphatic rings. The molecule has 0 aliphatic carbocycles. The Morgan fingerprint density at radius 1 is 1.09 bits per heavy atom. The fourth-order valence-corrected chi connectivity index (χ4v) is 3.70. The number of hydrogen-bond donors (Lipinski definition) is 0. The first kappa shape index (κ1) is 13.6. The maximum atomic E-state index is 12.9. The van der Waals surface area contributed by atoms with Crippen LogP contribution >= 0.6 is 0 Å². The van der Waals surface area contributed by atoms with Gasteiger partial charge in [0, 0.05) is 13.1 Å². The van der Waals surface area contributed by atoms with Crippen LogP contribution in [0.25, 0.3) is 0 Å². The van der Waals surface area contributed by atoms with Gasteiger partial charge in [0.05, 0.1) is 12.3 Å². The smallest absolute Gasteiger partial charge is 0.241 e. The van der Waals surface area contributed by atoms with Gasteiger partial charge in [-0.05, 0) is 30.5 Å². The van der Waals surface area contributed by atoms with Gasteiger partial charge in [-0.2, -0.15) is 0 Å². The van der Waals surface area contributed by atoms with E-state index in [0.29, 0.717) is 6.54 Å². The molecule has 2 atom stereocenters. The molecule has 0 bridgehead atoms. The van der Waals surface area contributed by atoms with Crippen LogP contribution in [0.5, 0.6) is 0 Å². The molecule has 0 N–H and O–H groups in total. The summed E-state index contributed by atoms with van der Waals surface area (Å²) < 4.78 is 5.65. The van der Waals surface area contributed by atoms with E-state index in [-0.39, 0.29) is 18.1 Å². The van der Waals surface area contributed by atoms with Crippen LogP contribution in [-0.4, -0.2) is 28.3 Å². The van der Waals surface area contributed by atoms with E-state index in [1.807, 2.05) is 35.2 Å². The van der Waals surface area contributed by atoms with Crippen molar-refractivity contribution in [2.24, 2.45) is 0 Å². The lowest BCUT2D eigenvalue weighted by molar-refractivity contribution is -0.131. The van der Waals surface area contributed by atoms with Gasteiger partial charge in [0.1, 0.15) is 11.9 Å². The van der Waals surface area contributed by atoms with Crippen LogP contribution in [0, 0.1) is 0 Å². The number of piperidine rings is 1. The van der Waals surface area contributed by atoms with Gasteiger partial charge in [0.2, 0.25) is 5.91 Å². The summed E-state index contributed by atoms with van der Waals surface area (Å²) in [7, 11) is 0. The second kappa shape index (κ2) is 5.61. The standard InChI is InChI=1S/C18H20N2O2/c21-18-15-9-4-5-11-19(15)17(16-10-6-12-22-16)20(18)13-14-7-2-1-3-8-14/h1-3,6-8,10,12,15,17H,4-5,9,11,13H2/t15?,17-/m0/s1. The van der Waals surface area contributed by atoms with Gasteiger partial charge in [0.15, 0.2) is 0 Å². The van der Waals surface area contributed by atoms with Crippen molar-refractivity contribution in [3.8, 4) is 0 Å². The van der Waals surface area contributed by atoms with E-state index in [1.165, 1.54) is 0 Å². The fourth-order valence-electron chi connectivity index (χ4n) is 3.70. The van der Waals surface area contributed by atoms with E-state index in [0.717, 1.165) is 37.1 Å². The Bertz CT molecular complexity index is 638. The Labute approximate surface area is 130 Å². The number of rotatable bonds is 3. The summed E-state index contributed by atoms with van der Waals surface area (Å²) in [6.45, 7) is 1.60. The molecule has 4 nitrogen and oxygen atoms in total. The predicted octanol–water partition coefficient (Wildman–Crippen LogP) is 3.18. The lowest BCUT2D eigenvalue weighted by Gasteiger charge is -2.32. The molecule has 4 rings (SSSR count).